The second-order valence-electron chi connectivity index (χ2n) is 3.96. The van der Waals surface area contributed by atoms with Crippen molar-refractivity contribution in [2.75, 3.05) is 0 Å². The molecular formula is C14H11BrN2. The lowest BCUT2D eigenvalue weighted by Gasteiger charge is -2.06. The minimum atomic E-state index is 0.870. The van der Waals surface area contributed by atoms with Crippen LogP contribution in [0.1, 0.15) is 5.56 Å². The fraction of sp³-hybridized carbons (Fsp3) is 0.0714. The van der Waals surface area contributed by atoms with Crippen LogP contribution in [0.15, 0.2) is 59.3 Å². The first-order chi connectivity index (χ1) is 8.34. The van der Waals surface area contributed by atoms with Gasteiger partial charge in [0.1, 0.15) is 0 Å². The van der Waals surface area contributed by atoms with Gasteiger partial charge in [0.2, 0.25) is 0 Å². The van der Waals surface area contributed by atoms with Crippen molar-refractivity contribution in [2.45, 2.75) is 6.54 Å². The summed E-state index contributed by atoms with van der Waals surface area (Å²) in [5.41, 5.74) is 3.47. The van der Waals surface area contributed by atoms with E-state index in [2.05, 4.69) is 55.9 Å². The van der Waals surface area contributed by atoms with Gasteiger partial charge in [-0.3, -0.25) is 4.98 Å². The molecule has 3 heteroatoms. The molecule has 2 nitrogen and oxygen atoms in total. The van der Waals surface area contributed by atoms with Gasteiger partial charge in [-0.15, -0.1) is 0 Å². The minimum absolute atomic E-state index is 0.870. The molecule has 84 valence electrons. The van der Waals surface area contributed by atoms with Crippen molar-refractivity contribution in [3.8, 4) is 0 Å². The molecule has 17 heavy (non-hydrogen) atoms. The lowest BCUT2D eigenvalue weighted by atomic mass is 10.2. The molecule has 3 rings (SSSR count). The quantitative estimate of drug-likeness (QED) is 0.700. The summed E-state index contributed by atoms with van der Waals surface area (Å²) in [6, 6.07) is 14.5. The molecule has 0 aliphatic heterocycles. The Hall–Kier alpha value is -1.61. The number of rotatable bonds is 2. The molecule has 2 aromatic heterocycles. The van der Waals surface area contributed by atoms with Crippen molar-refractivity contribution < 1.29 is 0 Å². The average Bonchev–Trinajstić information content (AvgIpc) is 2.75. The predicted octanol–water partition coefficient (Wildman–Crippen LogP) is 3.85. The topological polar surface area (TPSA) is 17.8 Å². The molecule has 2 heterocycles. The number of hydrogen-bond donors (Lipinski definition) is 0. The maximum Gasteiger partial charge on any atom is 0.0892 e. The standard InChI is InChI=1S/C14H11BrN2/c15-12-6-8-16-13-7-9-17(14(12)13)10-11-4-2-1-3-5-11/h1-9H,10H2. The number of nitrogens with zero attached hydrogens (tertiary/aromatic N) is 2. The Morgan fingerprint density at radius 1 is 1.06 bits per heavy atom. The van der Waals surface area contributed by atoms with Gasteiger partial charge in [0, 0.05) is 23.4 Å². The van der Waals surface area contributed by atoms with Crippen molar-refractivity contribution in [3.63, 3.8) is 0 Å². The second kappa shape index (κ2) is 4.34. The first-order valence-electron chi connectivity index (χ1n) is 5.48. The van der Waals surface area contributed by atoms with Gasteiger partial charge in [-0.25, -0.2) is 0 Å². The summed E-state index contributed by atoms with van der Waals surface area (Å²) in [6.45, 7) is 0.870. The van der Waals surface area contributed by atoms with Crippen LogP contribution in [-0.4, -0.2) is 9.55 Å². The number of benzene rings is 1. The van der Waals surface area contributed by atoms with Gasteiger partial charge in [-0.1, -0.05) is 30.3 Å². The van der Waals surface area contributed by atoms with E-state index in [0.29, 0.717) is 0 Å². The van der Waals surface area contributed by atoms with Crippen molar-refractivity contribution >= 4 is 27.0 Å². The normalized spacial score (nSPS) is 10.9. The molecule has 0 aliphatic carbocycles. The van der Waals surface area contributed by atoms with Crippen LogP contribution in [0.2, 0.25) is 0 Å². The van der Waals surface area contributed by atoms with Gasteiger partial charge in [0.05, 0.1) is 11.0 Å². The third-order valence-electron chi connectivity index (χ3n) is 2.80. The van der Waals surface area contributed by atoms with E-state index in [9.17, 15) is 0 Å². The highest BCUT2D eigenvalue weighted by Crippen LogP contribution is 2.23. The van der Waals surface area contributed by atoms with Crippen LogP contribution < -0.4 is 0 Å². The first kappa shape index (κ1) is 10.5. The summed E-state index contributed by atoms with van der Waals surface area (Å²) in [6.07, 6.45) is 3.90. The van der Waals surface area contributed by atoms with Crippen LogP contribution >= 0.6 is 15.9 Å². The summed E-state index contributed by atoms with van der Waals surface area (Å²) in [5.74, 6) is 0. The molecule has 0 saturated carbocycles. The van der Waals surface area contributed by atoms with Gasteiger partial charge in [0.15, 0.2) is 0 Å². The van der Waals surface area contributed by atoms with Gasteiger partial charge in [-0.05, 0) is 33.6 Å². The van der Waals surface area contributed by atoms with Crippen LogP contribution in [0.5, 0.6) is 0 Å². The number of hydrogen-bond acceptors (Lipinski definition) is 1. The molecule has 0 radical (unpaired) electrons. The minimum Gasteiger partial charge on any atom is -0.341 e. The zero-order valence-corrected chi connectivity index (χ0v) is 10.8. The zero-order valence-electron chi connectivity index (χ0n) is 9.18. The molecule has 0 spiro atoms. The Labute approximate surface area is 108 Å². The Morgan fingerprint density at radius 2 is 1.88 bits per heavy atom. The maximum atomic E-state index is 4.35. The van der Waals surface area contributed by atoms with Gasteiger partial charge in [0.25, 0.3) is 0 Å². The second-order valence-corrected chi connectivity index (χ2v) is 4.81. The summed E-state index contributed by atoms with van der Waals surface area (Å²) >= 11 is 3.58. The molecule has 0 atom stereocenters. The van der Waals surface area contributed by atoms with Gasteiger partial charge >= 0.3 is 0 Å². The third-order valence-corrected chi connectivity index (χ3v) is 3.44. The molecule has 0 N–H and O–H groups in total. The van der Waals surface area contributed by atoms with Crippen LogP contribution in [0.3, 0.4) is 0 Å². The molecule has 0 aliphatic rings. The van der Waals surface area contributed by atoms with Crippen LogP contribution in [0.25, 0.3) is 11.0 Å². The molecule has 3 aromatic rings. The molecule has 0 saturated heterocycles. The Balaban J connectivity index is 2.07. The van der Waals surface area contributed by atoms with E-state index in [1.807, 2.05) is 24.4 Å². The summed E-state index contributed by atoms with van der Waals surface area (Å²) in [5, 5.41) is 0. The van der Waals surface area contributed by atoms with Gasteiger partial charge < -0.3 is 4.57 Å². The van der Waals surface area contributed by atoms with E-state index < -0.39 is 0 Å². The summed E-state index contributed by atoms with van der Waals surface area (Å²) in [7, 11) is 0. The van der Waals surface area contributed by atoms with E-state index in [0.717, 1.165) is 22.1 Å². The molecular weight excluding hydrogens is 276 g/mol. The zero-order chi connectivity index (χ0) is 11.7. The number of halogens is 1. The van der Waals surface area contributed by atoms with E-state index in [1.165, 1.54) is 5.56 Å². The van der Waals surface area contributed by atoms with Crippen molar-refractivity contribution in [1.82, 2.24) is 9.55 Å². The number of aromatic nitrogens is 2. The average molecular weight is 287 g/mol. The monoisotopic (exact) mass is 286 g/mol. The molecule has 0 bridgehead atoms. The number of fused-ring (bicyclic) bond motifs is 1. The SMILES string of the molecule is Brc1ccnc2ccn(Cc3ccccc3)c12. The summed E-state index contributed by atoms with van der Waals surface area (Å²) < 4.78 is 3.30. The fourth-order valence-electron chi connectivity index (χ4n) is 2.00. The third kappa shape index (κ3) is 1.98. The smallest absolute Gasteiger partial charge is 0.0892 e. The number of pyridine rings is 1. The molecule has 0 unspecified atom stereocenters. The van der Waals surface area contributed by atoms with E-state index in [4.69, 9.17) is 0 Å². The molecule has 0 amide bonds. The van der Waals surface area contributed by atoms with Gasteiger partial charge in [-0.2, -0.15) is 0 Å². The first-order valence-corrected chi connectivity index (χ1v) is 6.27. The lowest BCUT2D eigenvalue weighted by Crippen LogP contribution is -1.98. The van der Waals surface area contributed by atoms with Crippen molar-refractivity contribution in [1.29, 1.82) is 0 Å². The largest absolute Gasteiger partial charge is 0.341 e. The predicted molar refractivity (Wildman–Crippen MR) is 73.0 cm³/mol. The van der Waals surface area contributed by atoms with Crippen molar-refractivity contribution in [2.24, 2.45) is 0 Å². The highest BCUT2D eigenvalue weighted by molar-refractivity contribution is 9.10. The van der Waals surface area contributed by atoms with E-state index in [-0.39, 0.29) is 0 Å². The van der Waals surface area contributed by atoms with E-state index in [1.54, 1.807) is 0 Å². The summed E-state index contributed by atoms with van der Waals surface area (Å²) in [4.78, 5) is 4.35. The Kier molecular flexibility index (Phi) is 2.69. The molecule has 1 aromatic carbocycles. The maximum absolute atomic E-state index is 4.35. The van der Waals surface area contributed by atoms with Crippen LogP contribution in [0.4, 0.5) is 0 Å². The van der Waals surface area contributed by atoms with Crippen LogP contribution in [-0.2, 0) is 6.54 Å². The van der Waals surface area contributed by atoms with E-state index >= 15 is 0 Å². The highest BCUT2D eigenvalue weighted by atomic mass is 79.9. The Bertz CT molecular complexity index is 644. The lowest BCUT2D eigenvalue weighted by molar-refractivity contribution is 0.835. The molecule has 0 fully saturated rings. The van der Waals surface area contributed by atoms with Crippen LogP contribution in [0, 0.1) is 0 Å². The van der Waals surface area contributed by atoms with Crippen molar-refractivity contribution in [3.05, 3.63) is 64.9 Å². The fourth-order valence-corrected chi connectivity index (χ4v) is 2.55. The Morgan fingerprint density at radius 3 is 2.71 bits per heavy atom. The highest BCUT2D eigenvalue weighted by Gasteiger charge is 2.05.